The van der Waals surface area contributed by atoms with Crippen molar-refractivity contribution in [2.24, 2.45) is 0 Å². The third-order valence-electron chi connectivity index (χ3n) is 7.20. The van der Waals surface area contributed by atoms with Crippen LogP contribution in [0.5, 0.6) is 5.75 Å². The summed E-state index contributed by atoms with van der Waals surface area (Å²) >= 11 is 0. The Morgan fingerprint density at radius 3 is 2.48 bits per heavy atom. The monoisotopic (exact) mass is 470 g/mol. The second kappa shape index (κ2) is 9.47. The Labute approximate surface area is 197 Å². The van der Waals surface area contributed by atoms with Gasteiger partial charge in [-0.05, 0) is 56.4 Å². The molecular weight excluding hydrogens is 436 g/mol. The van der Waals surface area contributed by atoms with Crippen molar-refractivity contribution in [3.8, 4) is 5.75 Å². The van der Waals surface area contributed by atoms with Crippen molar-refractivity contribution in [1.29, 1.82) is 0 Å². The number of para-hydroxylation sites is 1. The summed E-state index contributed by atoms with van der Waals surface area (Å²) in [5.74, 6) is 0.543. The molecule has 1 N–H and O–H groups in total. The van der Waals surface area contributed by atoms with Gasteiger partial charge in [0.15, 0.2) is 0 Å². The third kappa shape index (κ3) is 4.66. The van der Waals surface area contributed by atoms with Crippen molar-refractivity contribution in [3.63, 3.8) is 0 Å². The highest BCUT2D eigenvalue weighted by Crippen LogP contribution is 2.42. The number of rotatable bonds is 6. The van der Waals surface area contributed by atoms with Gasteiger partial charge in [0.1, 0.15) is 11.4 Å². The molecule has 4 rings (SSSR count). The fourth-order valence-electron chi connectivity index (χ4n) is 4.93. The average Bonchev–Trinajstić information content (AvgIpc) is 2.84. The molecule has 1 amide bonds. The minimum atomic E-state index is -3.61. The standard InChI is InChI=1S/C26H34N2O4S/c1-4-26(5-2)18-23(21-11-7-8-12-24(21)32-26)27-25(29)22-17-20(14-13-19(22)3)33(30,31)28-15-9-6-10-16-28/h7-8,11-14,17,23H,4-6,9-10,15-16,18H2,1-3H3,(H,27,29)/t23-/m0/s1. The van der Waals surface area contributed by atoms with E-state index in [9.17, 15) is 13.2 Å². The van der Waals surface area contributed by atoms with E-state index in [4.69, 9.17) is 4.74 Å². The first-order chi connectivity index (χ1) is 15.8. The Bertz CT molecular complexity index is 1120. The second-order valence-corrected chi connectivity index (χ2v) is 11.1. The zero-order valence-electron chi connectivity index (χ0n) is 19.8. The highest BCUT2D eigenvalue weighted by atomic mass is 32.2. The summed E-state index contributed by atoms with van der Waals surface area (Å²) < 4.78 is 34.2. The number of ether oxygens (including phenoxy) is 1. The Hall–Kier alpha value is -2.38. The normalized spacial score (nSPS) is 20.5. The molecule has 2 aliphatic heterocycles. The molecule has 2 aromatic rings. The molecule has 0 radical (unpaired) electrons. The van der Waals surface area contributed by atoms with E-state index in [-0.39, 0.29) is 22.4 Å². The van der Waals surface area contributed by atoms with Gasteiger partial charge >= 0.3 is 0 Å². The van der Waals surface area contributed by atoms with Crippen molar-refractivity contribution in [1.82, 2.24) is 9.62 Å². The molecule has 0 spiro atoms. The van der Waals surface area contributed by atoms with Crippen LogP contribution in [0, 0.1) is 6.92 Å². The summed E-state index contributed by atoms with van der Waals surface area (Å²) in [6.45, 7) is 7.12. The van der Waals surface area contributed by atoms with Crippen LogP contribution in [0.3, 0.4) is 0 Å². The molecule has 33 heavy (non-hydrogen) atoms. The molecular formula is C26H34N2O4S. The molecule has 1 fully saturated rings. The van der Waals surface area contributed by atoms with Crippen molar-refractivity contribution in [2.45, 2.75) is 75.8 Å². The Balaban J connectivity index is 1.63. The lowest BCUT2D eigenvalue weighted by molar-refractivity contribution is 0.0227. The summed E-state index contributed by atoms with van der Waals surface area (Å²) in [7, 11) is -3.61. The van der Waals surface area contributed by atoms with Crippen molar-refractivity contribution in [2.75, 3.05) is 13.1 Å². The molecule has 2 aromatic carbocycles. The first-order valence-corrected chi connectivity index (χ1v) is 13.4. The van der Waals surface area contributed by atoms with Crippen LogP contribution in [0.2, 0.25) is 0 Å². The number of nitrogens with zero attached hydrogens (tertiary/aromatic N) is 1. The van der Waals surface area contributed by atoms with Gasteiger partial charge in [0.2, 0.25) is 10.0 Å². The summed E-state index contributed by atoms with van der Waals surface area (Å²) in [5, 5.41) is 3.19. The van der Waals surface area contributed by atoms with Gasteiger partial charge in [-0.25, -0.2) is 8.42 Å². The fraction of sp³-hybridized carbons (Fsp3) is 0.500. The number of piperidine rings is 1. The quantitative estimate of drug-likeness (QED) is 0.646. The topological polar surface area (TPSA) is 75.7 Å². The van der Waals surface area contributed by atoms with Crippen LogP contribution >= 0.6 is 0 Å². The molecule has 178 valence electrons. The maximum Gasteiger partial charge on any atom is 0.252 e. The lowest BCUT2D eigenvalue weighted by Crippen LogP contribution is -2.44. The highest BCUT2D eigenvalue weighted by molar-refractivity contribution is 7.89. The predicted molar refractivity (Wildman–Crippen MR) is 129 cm³/mol. The Morgan fingerprint density at radius 1 is 1.09 bits per heavy atom. The number of hydrogen-bond donors (Lipinski definition) is 1. The van der Waals surface area contributed by atoms with Crippen LogP contribution in [0.25, 0.3) is 0 Å². The maximum absolute atomic E-state index is 13.4. The van der Waals surface area contributed by atoms with Crippen LogP contribution in [-0.4, -0.2) is 37.3 Å². The molecule has 0 aromatic heterocycles. The molecule has 0 saturated carbocycles. The molecule has 2 aliphatic rings. The third-order valence-corrected chi connectivity index (χ3v) is 9.09. The van der Waals surface area contributed by atoms with E-state index < -0.39 is 10.0 Å². The molecule has 0 aliphatic carbocycles. The number of aryl methyl sites for hydroxylation is 1. The average molecular weight is 471 g/mol. The maximum atomic E-state index is 13.4. The molecule has 0 unspecified atom stereocenters. The molecule has 6 nitrogen and oxygen atoms in total. The van der Waals surface area contributed by atoms with E-state index in [0.29, 0.717) is 25.1 Å². The minimum Gasteiger partial charge on any atom is -0.487 e. The van der Waals surface area contributed by atoms with Crippen molar-refractivity contribution in [3.05, 3.63) is 59.2 Å². The molecule has 0 bridgehead atoms. The smallest absolute Gasteiger partial charge is 0.252 e. The SMILES string of the molecule is CCC1(CC)C[C@H](NC(=O)c2cc(S(=O)(=O)N3CCCCC3)ccc2C)c2ccccc2O1. The first-order valence-electron chi connectivity index (χ1n) is 12.0. The lowest BCUT2D eigenvalue weighted by atomic mass is 9.83. The summed E-state index contributed by atoms with van der Waals surface area (Å²) in [4.78, 5) is 13.6. The van der Waals surface area contributed by atoms with Crippen LogP contribution in [0.4, 0.5) is 0 Å². The highest BCUT2D eigenvalue weighted by Gasteiger charge is 2.39. The van der Waals surface area contributed by atoms with Gasteiger partial charge < -0.3 is 10.1 Å². The summed E-state index contributed by atoms with van der Waals surface area (Å²) in [5.41, 5.74) is 1.78. The van der Waals surface area contributed by atoms with Gasteiger partial charge in [0, 0.05) is 30.6 Å². The van der Waals surface area contributed by atoms with Crippen LogP contribution in [0.1, 0.15) is 79.9 Å². The second-order valence-electron chi connectivity index (χ2n) is 9.20. The number of hydrogen-bond acceptors (Lipinski definition) is 4. The number of fused-ring (bicyclic) bond motifs is 1. The number of carbonyl (C=O) groups is 1. The van der Waals surface area contributed by atoms with Crippen LogP contribution < -0.4 is 10.1 Å². The number of carbonyl (C=O) groups excluding carboxylic acids is 1. The van der Waals surface area contributed by atoms with Gasteiger partial charge in [0.05, 0.1) is 10.9 Å². The predicted octanol–water partition coefficient (Wildman–Crippen LogP) is 4.98. The molecule has 1 atom stereocenters. The van der Waals surface area contributed by atoms with Gasteiger partial charge in [-0.3, -0.25) is 4.79 Å². The number of nitrogens with one attached hydrogen (secondary N) is 1. The fourth-order valence-corrected chi connectivity index (χ4v) is 6.47. The van der Waals surface area contributed by atoms with Gasteiger partial charge in [-0.2, -0.15) is 4.31 Å². The van der Waals surface area contributed by atoms with E-state index in [1.807, 2.05) is 31.2 Å². The van der Waals surface area contributed by atoms with E-state index in [1.165, 1.54) is 10.4 Å². The van der Waals surface area contributed by atoms with Crippen LogP contribution in [0.15, 0.2) is 47.4 Å². The first kappa shape index (κ1) is 23.8. The lowest BCUT2D eigenvalue weighted by Gasteiger charge is -2.41. The van der Waals surface area contributed by atoms with Crippen molar-refractivity contribution >= 4 is 15.9 Å². The number of sulfonamides is 1. The van der Waals surface area contributed by atoms with E-state index in [2.05, 4.69) is 19.2 Å². The molecule has 1 saturated heterocycles. The van der Waals surface area contributed by atoms with Gasteiger partial charge in [-0.15, -0.1) is 0 Å². The molecule has 7 heteroatoms. The largest absolute Gasteiger partial charge is 0.487 e. The van der Waals surface area contributed by atoms with Gasteiger partial charge in [-0.1, -0.05) is 44.5 Å². The molecule has 2 heterocycles. The van der Waals surface area contributed by atoms with Crippen LogP contribution in [-0.2, 0) is 10.0 Å². The summed E-state index contributed by atoms with van der Waals surface area (Å²) in [6.07, 6.45) is 5.15. The van der Waals surface area contributed by atoms with Crippen molar-refractivity contribution < 1.29 is 17.9 Å². The minimum absolute atomic E-state index is 0.184. The van der Waals surface area contributed by atoms with E-state index in [0.717, 1.165) is 49.0 Å². The number of amides is 1. The van der Waals surface area contributed by atoms with Gasteiger partial charge in [0.25, 0.3) is 5.91 Å². The Morgan fingerprint density at radius 2 is 1.79 bits per heavy atom. The van der Waals surface area contributed by atoms with E-state index in [1.54, 1.807) is 12.1 Å². The van der Waals surface area contributed by atoms with E-state index >= 15 is 0 Å². The Kier molecular flexibility index (Phi) is 6.82. The summed E-state index contributed by atoms with van der Waals surface area (Å²) in [6, 6.07) is 12.5. The zero-order chi connectivity index (χ0) is 23.6. The number of benzene rings is 2. The zero-order valence-corrected chi connectivity index (χ0v) is 20.6.